The molecule has 2 aromatic heterocycles. The Kier molecular flexibility index (Phi) is 6.04. The summed E-state index contributed by atoms with van der Waals surface area (Å²) in [5, 5.41) is 11.7. The number of halogens is 1. The van der Waals surface area contributed by atoms with Gasteiger partial charge in [0.25, 0.3) is 5.91 Å². The second-order valence-electron chi connectivity index (χ2n) is 8.58. The number of hydrogen-bond acceptors (Lipinski definition) is 7. The van der Waals surface area contributed by atoms with Crippen LogP contribution in [-0.2, 0) is 0 Å². The van der Waals surface area contributed by atoms with Crippen LogP contribution in [0.2, 0.25) is 0 Å². The van der Waals surface area contributed by atoms with Crippen molar-refractivity contribution in [2.24, 2.45) is 0 Å². The largest absolute Gasteiger partial charge is 0.495 e. The number of aryl methyl sites for hydroxylation is 1. The minimum atomic E-state index is -0.589. The SMILES string of the molecule is COc1cc(-c2nn(C3CCNCC3)c3ncnc(N)c23)ccc1NC(=O)c1cc(C)ccc1F. The molecule has 1 aliphatic heterocycles. The van der Waals surface area contributed by atoms with Gasteiger partial charge in [-0.3, -0.25) is 4.79 Å². The van der Waals surface area contributed by atoms with Crippen LogP contribution in [-0.4, -0.2) is 45.9 Å². The zero-order valence-corrected chi connectivity index (χ0v) is 19.5. The molecule has 1 saturated heterocycles. The molecule has 35 heavy (non-hydrogen) atoms. The maximum absolute atomic E-state index is 14.2. The summed E-state index contributed by atoms with van der Waals surface area (Å²) in [4.78, 5) is 21.4. The first-order valence-corrected chi connectivity index (χ1v) is 11.4. The Balaban J connectivity index is 1.53. The standard InChI is InChI=1S/C25H26FN7O2/c1-14-3-5-18(26)17(11-14)25(34)31-19-6-4-15(12-20(19)35-2)22-21-23(27)29-13-30-24(21)33(32-22)16-7-9-28-10-8-16/h3-6,11-13,16,28H,7-10H2,1-2H3,(H,31,34)(H2,27,29,30). The highest BCUT2D eigenvalue weighted by atomic mass is 19.1. The molecule has 0 radical (unpaired) electrons. The number of nitrogens with two attached hydrogens (primary N) is 1. The Morgan fingerprint density at radius 2 is 2.00 bits per heavy atom. The molecular formula is C25H26FN7O2. The molecule has 0 unspecified atom stereocenters. The Bertz CT molecular complexity index is 1410. The third-order valence-corrected chi connectivity index (χ3v) is 6.26. The van der Waals surface area contributed by atoms with E-state index in [0.29, 0.717) is 34.0 Å². The van der Waals surface area contributed by atoms with Crippen LogP contribution in [0.1, 0.15) is 34.8 Å². The predicted octanol–water partition coefficient (Wildman–Crippen LogP) is 3.71. The molecule has 0 aliphatic carbocycles. The number of benzene rings is 2. The van der Waals surface area contributed by atoms with Gasteiger partial charge in [0.15, 0.2) is 5.65 Å². The molecule has 1 amide bonds. The van der Waals surface area contributed by atoms with Gasteiger partial charge in [0.1, 0.15) is 29.4 Å². The summed E-state index contributed by atoms with van der Waals surface area (Å²) in [6, 6.07) is 9.88. The van der Waals surface area contributed by atoms with Gasteiger partial charge >= 0.3 is 0 Å². The number of fused-ring (bicyclic) bond motifs is 1. The van der Waals surface area contributed by atoms with E-state index in [2.05, 4.69) is 20.6 Å². The fraction of sp³-hybridized carbons (Fsp3) is 0.280. The van der Waals surface area contributed by atoms with Crippen molar-refractivity contribution in [3.8, 4) is 17.0 Å². The number of anilines is 2. The lowest BCUT2D eigenvalue weighted by Crippen LogP contribution is -2.30. The third kappa shape index (κ3) is 4.28. The van der Waals surface area contributed by atoms with Crippen LogP contribution in [0.25, 0.3) is 22.3 Å². The Hall–Kier alpha value is -4.05. The molecule has 3 heterocycles. The van der Waals surface area contributed by atoms with Gasteiger partial charge in [0.2, 0.25) is 0 Å². The number of nitrogens with one attached hydrogen (secondary N) is 2. The van der Waals surface area contributed by atoms with E-state index >= 15 is 0 Å². The first-order valence-electron chi connectivity index (χ1n) is 11.4. The van der Waals surface area contributed by atoms with E-state index in [4.69, 9.17) is 15.6 Å². The van der Waals surface area contributed by atoms with E-state index in [1.165, 1.54) is 25.6 Å². The van der Waals surface area contributed by atoms with Crippen molar-refractivity contribution < 1.29 is 13.9 Å². The van der Waals surface area contributed by atoms with Gasteiger partial charge < -0.3 is 21.1 Å². The highest BCUT2D eigenvalue weighted by molar-refractivity contribution is 6.06. The maximum Gasteiger partial charge on any atom is 0.258 e. The minimum Gasteiger partial charge on any atom is -0.495 e. The molecular weight excluding hydrogens is 449 g/mol. The number of carbonyl (C=O) groups excluding carboxylic acids is 1. The van der Waals surface area contributed by atoms with Crippen molar-refractivity contribution in [1.29, 1.82) is 0 Å². The van der Waals surface area contributed by atoms with Crippen LogP contribution < -0.4 is 21.1 Å². The molecule has 2 aromatic carbocycles. The number of ether oxygens (including phenoxy) is 1. The summed E-state index contributed by atoms with van der Waals surface area (Å²) in [5.74, 6) is -0.398. The fourth-order valence-electron chi connectivity index (χ4n) is 4.45. The first-order chi connectivity index (χ1) is 17.0. The van der Waals surface area contributed by atoms with Crippen molar-refractivity contribution in [3.63, 3.8) is 0 Å². The third-order valence-electron chi connectivity index (χ3n) is 6.26. The molecule has 4 N–H and O–H groups in total. The molecule has 1 fully saturated rings. The average Bonchev–Trinajstić information content (AvgIpc) is 3.27. The minimum absolute atomic E-state index is 0.0345. The zero-order chi connectivity index (χ0) is 24.5. The van der Waals surface area contributed by atoms with Gasteiger partial charge in [-0.05, 0) is 57.1 Å². The molecule has 9 nitrogen and oxygen atoms in total. The molecule has 0 atom stereocenters. The van der Waals surface area contributed by atoms with Crippen molar-refractivity contribution >= 4 is 28.4 Å². The highest BCUT2D eigenvalue weighted by Crippen LogP contribution is 2.37. The average molecular weight is 476 g/mol. The summed E-state index contributed by atoms with van der Waals surface area (Å²) >= 11 is 0. The van der Waals surface area contributed by atoms with Crippen LogP contribution in [0.3, 0.4) is 0 Å². The summed E-state index contributed by atoms with van der Waals surface area (Å²) in [6.07, 6.45) is 3.32. The van der Waals surface area contributed by atoms with E-state index in [1.807, 2.05) is 10.7 Å². The van der Waals surface area contributed by atoms with Gasteiger partial charge in [-0.1, -0.05) is 17.7 Å². The number of piperidine rings is 1. The molecule has 10 heteroatoms. The quantitative estimate of drug-likeness (QED) is 0.402. The second kappa shape index (κ2) is 9.30. The van der Waals surface area contributed by atoms with Crippen LogP contribution in [0.5, 0.6) is 5.75 Å². The van der Waals surface area contributed by atoms with Crippen molar-refractivity contribution in [2.75, 3.05) is 31.2 Å². The number of rotatable bonds is 5. The predicted molar refractivity (Wildman–Crippen MR) is 132 cm³/mol. The molecule has 1 aliphatic rings. The molecule has 4 aromatic rings. The number of aromatic nitrogens is 4. The topological polar surface area (TPSA) is 120 Å². The van der Waals surface area contributed by atoms with Crippen LogP contribution >= 0.6 is 0 Å². The van der Waals surface area contributed by atoms with Gasteiger partial charge in [0.05, 0.1) is 29.8 Å². The van der Waals surface area contributed by atoms with Gasteiger partial charge in [-0.2, -0.15) is 5.10 Å². The van der Waals surface area contributed by atoms with E-state index in [9.17, 15) is 9.18 Å². The van der Waals surface area contributed by atoms with Crippen molar-refractivity contribution in [2.45, 2.75) is 25.8 Å². The zero-order valence-electron chi connectivity index (χ0n) is 19.5. The lowest BCUT2D eigenvalue weighted by molar-refractivity contribution is 0.102. The summed E-state index contributed by atoms with van der Waals surface area (Å²) in [6.45, 7) is 3.62. The van der Waals surface area contributed by atoms with E-state index < -0.39 is 11.7 Å². The summed E-state index contributed by atoms with van der Waals surface area (Å²) in [7, 11) is 1.51. The normalized spacial score (nSPS) is 14.3. The monoisotopic (exact) mass is 475 g/mol. The van der Waals surface area contributed by atoms with Gasteiger partial charge in [-0.15, -0.1) is 0 Å². The molecule has 180 valence electrons. The molecule has 5 rings (SSSR count). The van der Waals surface area contributed by atoms with Gasteiger partial charge in [-0.25, -0.2) is 19.0 Å². The van der Waals surface area contributed by atoms with Crippen LogP contribution in [0, 0.1) is 12.7 Å². The second-order valence-corrected chi connectivity index (χ2v) is 8.58. The lowest BCUT2D eigenvalue weighted by Gasteiger charge is -2.23. The smallest absolute Gasteiger partial charge is 0.258 e. The number of amides is 1. The molecule has 0 spiro atoms. The Labute approximate surface area is 201 Å². The van der Waals surface area contributed by atoms with Crippen molar-refractivity contribution in [3.05, 3.63) is 59.7 Å². The van der Waals surface area contributed by atoms with E-state index in [1.54, 1.807) is 25.1 Å². The highest BCUT2D eigenvalue weighted by Gasteiger charge is 2.24. The van der Waals surface area contributed by atoms with Crippen LogP contribution in [0.15, 0.2) is 42.7 Å². The number of hydrogen-bond donors (Lipinski definition) is 3. The number of nitrogen functional groups attached to an aromatic ring is 1. The van der Waals surface area contributed by atoms with E-state index in [-0.39, 0.29) is 11.6 Å². The number of nitrogens with zero attached hydrogens (tertiary/aromatic N) is 4. The molecule has 0 bridgehead atoms. The van der Waals surface area contributed by atoms with Gasteiger partial charge in [0, 0.05) is 5.56 Å². The van der Waals surface area contributed by atoms with E-state index in [0.717, 1.165) is 37.1 Å². The first kappa shape index (κ1) is 22.7. The van der Waals surface area contributed by atoms with Crippen LogP contribution in [0.4, 0.5) is 15.9 Å². The summed E-state index contributed by atoms with van der Waals surface area (Å²) < 4.78 is 21.7. The number of methoxy groups -OCH3 is 1. The Morgan fingerprint density at radius 3 is 2.77 bits per heavy atom. The molecule has 0 saturated carbocycles. The summed E-state index contributed by atoms with van der Waals surface area (Å²) in [5.41, 5.74) is 9.48. The Morgan fingerprint density at radius 1 is 1.20 bits per heavy atom. The van der Waals surface area contributed by atoms with Crippen molar-refractivity contribution in [1.82, 2.24) is 25.1 Å². The fourth-order valence-corrected chi connectivity index (χ4v) is 4.45. The maximum atomic E-state index is 14.2. The number of carbonyl (C=O) groups is 1. The lowest BCUT2D eigenvalue weighted by atomic mass is 10.1.